The van der Waals surface area contributed by atoms with E-state index in [2.05, 4.69) is 5.32 Å². The molecule has 5 heteroatoms. The van der Waals surface area contributed by atoms with Gasteiger partial charge in [-0.1, -0.05) is 50.6 Å². The number of benzene rings is 1. The van der Waals surface area contributed by atoms with Gasteiger partial charge in [0, 0.05) is 0 Å². The molecule has 0 saturated carbocycles. The standard InChI is InChI=1S/C14H19NO4/c1-3-10(2)12(13(16)17)15-14(18)19-9-11-7-5-4-6-8-11/h4-8,10,12H,3,9H2,1-2H3,(H,15,18)(H,16,17)/t10?,12-/m0/s1. The van der Waals surface area contributed by atoms with Gasteiger partial charge >= 0.3 is 12.1 Å². The number of nitrogens with one attached hydrogen (secondary N) is 1. The number of hydrogen-bond acceptors (Lipinski definition) is 3. The van der Waals surface area contributed by atoms with Crippen molar-refractivity contribution in [3.63, 3.8) is 0 Å². The Balaban J connectivity index is 2.47. The molecule has 0 spiro atoms. The van der Waals surface area contributed by atoms with Crippen molar-refractivity contribution >= 4 is 12.1 Å². The van der Waals surface area contributed by atoms with Gasteiger partial charge in [-0.3, -0.25) is 0 Å². The van der Waals surface area contributed by atoms with E-state index >= 15 is 0 Å². The molecule has 1 aromatic rings. The van der Waals surface area contributed by atoms with Crippen LogP contribution in [0.2, 0.25) is 0 Å². The molecular weight excluding hydrogens is 246 g/mol. The van der Waals surface area contributed by atoms with E-state index in [0.29, 0.717) is 6.42 Å². The van der Waals surface area contributed by atoms with E-state index in [0.717, 1.165) is 5.56 Å². The van der Waals surface area contributed by atoms with Crippen LogP contribution in [-0.2, 0) is 16.1 Å². The lowest BCUT2D eigenvalue weighted by Gasteiger charge is -2.19. The molecule has 1 unspecified atom stereocenters. The van der Waals surface area contributed by atoms with Crippen molar-refractivity contribution in [1.29, 1.82) is 0 Å². The molecule has 0 aliphatic heterocycles. The molecule has 0 aliphatic rings. The van der Waals surface area contributed by atoms with Gasteiger partial charge in [0.1, 0.15) is 12.6 Å². The summed E-state index contributed by atoms with van der Waals surface area (Å²) in [6, 6.07) is 8.29. The van der Waals surface area contributed by atoms with E-state index in [-0.39, 0.29) is 12.5 Å². The van der Waals surface area contributed by atoms with E-state index in [1.54, 1.807) is 6.92 Å². The Morgan fingerprint density at radius 2 is 1.95 bits per heavy atom. The lowest BCUT2D eigenvalue weighted by Crippen LogP contribution is -2.45. The third kappa shape index (κ3) is 4.99. The Hall–Kier alpha value is -2.04. The molecule has 0 aliphatic carbocycles. The molecule has 0 fully saturated rings. The van der Waals surface area contributed by atoms with Gasteiger partial charge in [-0.15, -0.1) is 0 Å². The van der Waals surface area contributed by atoms with Crippen molar-refractivity contribution in [1.82, 2.24) is 5.32 Å². The van der Waals surface area contributed by atoms with Crippen LogP contribution in [0.15, 0.2) is 30.3 Å². The molecule has 0 radical (unpaired) electrons. The first-order valence-corrected chi connectivity index (χ1v) is 6.24. The molecule has 104 valence electrons. The largest absolute Gasteiger partial charge is 0.480 e. The lowest BCUT2D eigenvalue weighted by atomic mass is 10.00. The fourth-order valence-corrected chi connectivity index (χ4v) is 1.57. The SMILES string of the molecule is CCC(C)[C@H](NC(=O)OCc1ccccc1)C(=O)O. The molecular formula is C14H19NO4. The minimum atomic E-state index is -1.05. The van der Waals surface area contributed by atoms with Gasteiger partial charge in [0.2, 0.25) is 0 Å². The van der Waals surface area contributed by atoms with E-state index < -0.39 is 18.1 Å². The van der Waals surface area contributed by atoms with Gasteiger partial charge in [0.25, 0.3) is 0 Å². The number of carboxylic acid groups (broad SMARTS) is 1. The second-order valence-electron chi connectivity index (χ2n) is 4.41. The second-order valence-corrected chi connectivity index (χ2v) is 4.41. The minimum Gasteiger partial charge on any atom is -0.480 e. The van der Waals surface area contributed by atoms with Crippen LogP contribution >= 0.6 is 0 Å². The van der Waals surface area contributed by atoms with Crippen molar-refractivity contribution in [2.45, 2.75) is 32.9 Å². The van der Waals surface area contributed by atoms with Crippen LogP contribution in [0, 0.1) is 5.92 Å². The van der Waals surface area contributed by atoms with Crippen LogP contribution in [0.4, 0.5) is 4.79 Å². The fraction of sp³-hybridized carbons (Fsp3) is 0.429. The molecule has 1 rings (SSSR count). The summed E-state index contributed by atoms with van der Waals surface area (Å²) in [7, 11) is 0. The topological polar surface area (TPSA) is 75.6 Å². The van der Waals surface area contributed by atoms with Crippen LogP contribution in [0.5, 0.6) is 0 Å². The molecule has 0 heterocycles. The average molecular weight is 265 g/mol. The summed E-state index contributed by atoms with van der Waals surface area (Å²) >= 11 is 0. The van der Waals surface area contributed by atoms with Crippen LogP contribution in [0.3, 0.4) is 0 Å². The molecule has 0 bridgehead atoms. The van der Waals surface area contributed by atoms with Gasteiger partial charge in [-0.25, -0.2) is 9.59 Å². The van der Waals surface area contributed by atoms with Crippen LogP contribution in [0.25, 0.3) is 0 Å². The first-order chi connectivity index (χ1) is 9.04. The van der Waals surface area contributed by atoms with E-state index in [4.69, 9.17) is 9.84 Å². The van der Waals surface area contributed by atoms with Crippen molar-refractivity contribution in [3.8, 4) is 0 Å². The Morgan fingerprint density at radius 3 is 2.47 bits per heavy atom. The summed E-state index contributed by atoms with van der Waals surface area (Å²) < 4.78 is 4.99. The first kappa shape index (κ1) is 15.0. The second kappa shape index (κ2) is 7.41. The zero-order valence-corrected chi connectivity index (χ0v) is 11.1. The third-order valence-electron chi connectivity index (χ3n) is 2.97. The summed E-state index contributed by atoms with van der Waals surface area (Å²) in [5.41, 5.74) is 0.855. The highest BCUT2D eigenvalue weighted by Gasteiger charge is 2.25. The molecule has 2 N–H and O–H groups in total. The average Bonchev–Trinajstić information content (AvgIpc) is 2.42. The number of aliphatic carboxylic acids is 1. The molecule has 5 nitrogen and oxygen atoms in total. The highest BCUT2D eigenvalue weighted by atomic mass is 16.5. The number of hydrogen-bond donors (Lipinski definition) is 2. The van der Waals surface area contributed by atoms with Gasteiger partial charge in [0.15, 0.2) is 0 Å². The van der Waals surface area contributed by atoms with Gasteiger partial charge in [0.05, 0.1) is 0 Å². The van der Waals surface area contributed by atoms with Crippen molar-refractivity contribution in [2.24, 2.45) is 5.92 Å². The fourth-order valence-electron chi connectivity index (χ4n) is 1.57. The Morgan fingerprint density at radius 1 is 1.32 bits per heavy atom. The van der Waals surface area contributed by atoms with Crippen LogP contribution in [-0.4, -0.2) is 23.2 Å². The van der Waals surface area contributed by atoms with Crippen molar-refractivity contribution in [3.05, 3.63) is 35.9 Å². The summed E-state index contributed by atoms with van der Waals surface area (Å²) in [5.74, 6) is -1.20. The normalized spacial score (nSPS) is 13.4. The molecule has 19 heavy (non-hydrogen) atoms. The monoisotopic (exact) mass is 265 g/mol. The maximum Gasteiger partial charge on any atom is 0.408 e. The Bertz CT molecular complexity index is 419. The zero-order valence-electron chi connectivity index (χ0n) is 11.1. The smallest absolute Gasteiger partial charge is 0.408 e. The maximum absolute atomic E-state index is 11.6. The number of carbonyl (C=O) groups excluding carboxylic acids is 1. The number of carboxylic acids is 1. The van der Waals surface area contributed by atoms with Gasteiger partial charge in [-0.05, 0) is 11.5 Å². The zero-order chi connectivity index (χ0) is 14.3. The molecule has 1 aromatic carbocycles. The number of ether oxygens (including phenoxy) is 1. The van der Waals surface area contributed by atoms with E-state index in [1.165, 1.54) is 0 Å². The quantitative estimate of drug-likeness (QED) is 0.828. The van der Waals surface area contributed by atoms with E-state index in [1.807, 2.05) is 37.3 Å². The maximum atomic E-state index is 11.6. The van der Waals surface area contributed by atoms with E-state index in [9.17, 15) is 9.59 Å². The predicted molar refractivity (Wildman–Crippen MR) is 70.6 cm³/mol. The van der Waals surface area contributed by atoms with Gasteiger partial charge < -0.3 is 15.2 Å². The van der Waals surface area contributed by atoms with Gasteiger partial charge in [-0.2, -0.15) is 0 Å². The minimum absolute atomic E-state index is 0.125. The summed E-state index contributed by atoms with van der Waals surface area (Å²) in [6.45, 7) is 3.77. The lowest BCUT2D eigenvalue weighted by molar-refractivity contribution is -0.140. The molecule has 0 aromatic heterocycles. The highest BCUT2D eigenvalue weighted by molar-refractivity contribution is 5.80. The predicted octanol–water partition coefficient (Wildman–Crippen LogP) is 2.41. The molecule has 2 atom stereocenters. The van der Waals surface area contributed by atoms with Crippen molar-refractivity contribution < 1.29 is 19.4 Å². The van der Waals surface area contributed by atoms with Crippen LogP contribution < -0.4 is 5.32 Å². The summed E-state index contributed by atoms with van der Waals surface area (Å²) in [4.78, 5) is 22.6. The highest BCUT2D eigenvalue weighted by Crippen LogP contribution is 2.08. The molecule has 0 saturated heterocycles. The van der Waals surface area contributed by atoms with Crippen molar-refractivity contribution in [2.75, 3.05) is 0 Å². The first-order valence-electron chi connectivity index (χ1n) is 6.24. The third-order valence-corrected chi connectivity index (χ3v) is 2.97. The summed E-state index contributed by atoms with van der Waals surface area (Å²) in [5, 5.41) is 11.4. The number of amides is 1. The number of carbonyl (C=O) groups is 2. The van der Waals surface area contributed by atoms with Crippen LogP contribution in [0.1, 0.15) is 25.8 Å². The Kier molecular flexibility index (Phi) is 5.85. The Labute approximate surface area is 112 Å². The number of alkyl carbamates (subject to hydrolysis) is 1. The summed E-state index contributed by atoms with van der Waals surface area (Å²) in [6.07, 6.45) is -0.0489. The molecule has 1 amide bonds. The number of rotatable bonds is 6.